The van der Waals surface area contributed by atoms with E-state index in [9.17, 15) is 14.4 Å². The Bertz CT molecular complexity index is 1260. The second kappa shape index (κ2) is 11.1. The van der Waals surface area contributed by atoms with Crippen molar-refractivity contribution in [1.29, 1.82) is 0 Å². The predicted octanol–water partition coefficient (Wildman–Crippen LogP) is 4.27. The lowest BCUT2D eigenvalue weighted by Gasteiger charge is -2.10. The number of methoxy groups -OCH3 is 1. The second-order valence-electron chi connectivity index (χ2n) is 7.28. The Hall–Kier alpha value is -4.17. The number of nitrogens with zero attached hydrogens (tertiary/aromatic N) is 1. The van der Waals surface area contributed by atoms with Crippen molar-refractivity contribution < 1.29 is 23.9 Å². The third-order valence-electron chi connectivity index (χ3n) is 4.69. The molecular weight excluding hydrogens is 458 g/mol. The number of ether oxygens (including phenoxy) is 2. The van der Waals surface area contributed by atoms with Gasteiger partial charge in [0.25, 0.3) is 0 Å². The van der Waals surface area contributed by atoms with Gasteiger partial charge in [-0.2, -0.15) is 5.10 Å². The molecule has 0 aliphatic rings. The van der Waals surface area contributed by atoms with Crippen LogP contribution in [-0.2, 0) is 9.59 Å². The van der Waals surface area contributed by atoms with E-state index in [0.29, 0.717) is 21.8 Å². The maximum atomic E-state index is 12.3. The Balaban J connectivity index is 1.61. The fourth-order valence-electron chi connectivity index (χ4n) is 2.94. The maximum Gasteiger partial charge on any atom is 0.343 e. The number of hydrazone groups is 1. The van der Waals surface area contributed by atoms with Crippen LogP contribution in [0.4, 0.5) is 5.69 Å². The van der Waals surface area contributed by atoms with Crippen molar-refractivity contribution in [2.45, 2.75) is 13.8 Å². The molecule has 0 fully saturated rings. The zero-order valence-corrected chi connectivity index (χ0v) is 19.5. The summed E-state index contributed by atoms with van der Waals surface area (Å²) in [6.45, 7) is 3.77. The van der Waals surface area contributed by atoms with Gasteiger partial charge in [-0.15, -0.1) is 0 Å². The summed E-state index contributed by atoms with van der Waals surface area (Å²) in [6.07, 6.45) is 1.33. The zero-order chi connectivity index (χ0) is 24.7. The van der Waals surface area contributed by atoms with Crippen molar-refractivity contribution in [2.75, 3.05) is 12.4 Å². The van der Waals surface area contributed by atoms with E-state index in [2.05, 4.69) is 15.8 Å². The van der Waals surface area contributed by atoms with Crippen molar-refractivity contribution in [1.82, 2.24) is 5.43 Å². The average molecular weight is 480 g/mol. The van der Waals surface area contributed by atoms with Gasteiger partial charge in [0.15, 0.2) is 11.5 Å². The van der Waals surface area contributed by atoms with E-state index in [-0.39, 0.29) is 11.5 Å². The van der Waals surface area contributed by atoms with E-state index >= 15 is 0 Å². The number of nitrogens with one attached hydrogen (secondary N) is 2. The lowest BCUT2D eigenvalue weighted by Crippen LogP contribution is -2.32. The molecule has 2 N–H and O–H groups in total. The molecule has 0 heterocycles. The van der Waals surface area contributed by atoms with Crippen molar-refractivity contribution in [3.05, 3.63) is 87.9 Å². The molecule has 0 saturated heterocycles. The largest absolute Gasteiger partial charge is 0.493 e. The maximum absolute atomic E-state index is 12.3. The van der Waals surface area contributed by atoms with Crippen molar-refractivity contribution in [3.63, 3.8) is 0 Å². The molecule has 0 aromatic heterocycles. The molecule has 34 heavy (non-hydrogen) atoms. The highest BCUT2D eigenvalue weighted by Crippen LogP contribution is 2.28. The molecule has 0 bridgehead atoms. The minimum atomic E-state index is -0.920. The van der Waals surface area contributed by atoms with Crippen LogP contribution in [0.25, 0.3) is 0 Å². The molecule has 3 aromatic rings. The molecular formula is C25H22ClN3O5. The number of esters is 1. The first kappa shape index (κ1) is 24.5. The predicted molar refractivity (Wildman–Crippen MR) is 130 cm³/mol. The summed E-state index contributed by atoms with van der Waals surface area (Å²) in [5.41, 5.74) is 5.48. The van der Waals surface area contributed by atoms with Crippen molar-refractivity contribution in [2.24, 2.45) is 5.10 Å². The molecule has 2 amide bonds. The fraction of sp³-hybridized carbons (Fsp3) is 0.120. The number of amides is 2. The van der Waals surface area contributed by atoms with Crippen LogP contribution in [0.1, 0.15) is 27.0 Å². The average Bonchev–Trinajstić information content (AvgIpc) is 2.81. The summed E-state index contributed by atoms with van der Waals surface area (Å²) in [6, 6.07) is 16.5. The van der Waals surface area contributed by atoms with Crippen LogP contribution in [0.5, 0.6) is 11.5 Å². The van der Waals surface area contributed by atoms with E-state index in [1.807, 2.05) is 26.0 Å². The van der Waals surface area contributed by atoms with Gasteiger partial charge >= 0.3 is 17.8 Å². The first-order valence-electron chi connectivity index (χ1n) is 10.1. The summed E-state index contributed by atoms with van der Waals surface area (Å²) in [5.74, 6) is -1.84. The number of anilines is 1. The minimum Gasteiger partial charge on any atom is -0.493 e. The third-order valence-corrected chi connectivity index (χ3v) is 4.94. The van der Waals surface area contributed by atoms with E-state index in [1.54, 1.807) is 42.5 Å². The standard InChI is InChI=1S/C25H22ClN3O5/c1-15-4-10-20(16(2)12-15)28-23(30)24(31)29-27-14-17-5-11-21(22(13-17)33-3)34-25(32)18-6-8-19(26)9-7-18/h4-14H,1-3H3,(H,28,30)(H,29,31)/b27-14+. The first-order valence-corrected chi connectivity index (χ1v) is 10.5. The third kappa shape index (κ3) is 6.43. The summed E-state index contributed by atoms with van der Waals surface area (Å²) in [7, 11) is 1.43. The van der Waals surface area contributed by atoms with Gasteiger partial charge in [-0.3, -0.25) is 9.59 Å². The Morgan fingerprint density at radius 1 is 0.912 bits per heavy atom. The van der Waals surface area contributed by atoms with Crippen LogP contribution < -0.4 is 20.2 Å². The molecule has 0 unspecified atom stereocenters. The lowest BCUT2D eigenvalue weighted by atomic mass is 10.1. The highest BCUT2D eigenvalue weighted by Gasteiger charge is 2.15. The molecule has 174 valence electrons. The number of aryl methyl sites for hydroxylation is 2. The number of hydrogen-bond donors (Lipinski definition) is 2. The summed E-state index contributed by atoms with van der Waals surface area (Å²) in [5, 5.41) is 6.85. The SMILES string of the molecule is COc1cc(/C=N/NC(=O)C(=O)Nc2ccc(C)cc2C)ccc1OC(=O)c1ccc(Cl)cc1. The number of hydrogen-bond acceptors (Lipinski definition) is 6. The highest BCUT2D eigenvalue weighted by molar-refractivity contribution is 6.39. The smallest absolute Gasteiger partial charge is 0.343 e. The molecule has 0 atom stereocenters. The van der Waals surface area contributed by atoms with E-state index in [0.717, 1.165) is 11.1 Å². The molecule has 0 spiro atoms. The number of benzene rings is 3. The van der Waals surface area contributed by atoms with Gasteiger partial charge in [-0.1, -0.05) is 29.3 Å². The molecule has 0 saturated carbocycles. The normalized spacial score (nSPS) is 10.6. The Morgan fingerprint density at radius 3 is 2.32 bits per heavy atom. The summed E-state index contributed by atoms with van der Waals surface area (Å²) >= 11 is 5.83. The topological polar surface area (TPSA) is 106 Å². The van der Waals surface area contributed by atoms with Gasteiger partial charge in [0.2, 0.25) is 0 Å². The van der Waals surface area contributed by atoms with Crippen LogP contribution in [0, 0.1) is 13.8 Å². The van der Waals surface area contributed by atoms with Crippen molar-refractivity contribution >= 4 is 41.3 Å². The number of rotatable bonds is 6. The van der Waals surface area contributed by atoms with Gasteiger partial charge < -0.3 is 14.8 Å². The van der Waals surface area contributed by atoms with Crippen LogP contribution in [0.2, 0.25) is 5.02 Å². The van der Waals surface area contributed by atoms with Gasteiger partial charge in [0, 0.05) is 10.7 Å². The molecule has 3 aromatic carbocycles. The van der Waals surface area contributed by atoms with Crippen LogP contribution in [0.15, 0.2) is 65.8 Å². The minimum absolute atomic E-state index is 0.205. The highest BCUT2D eigenvalue weighted by atomic mass is 35.5. The summed E-state index contributed by atoms with van der Waals surface area (Å²) in [4.78, 5) is 36.5. The van der Waals surface area contributed by atoms with Crippen LogP contribution in [0.3, 0.4) is 0 Å². The number of carbonyl (C=O) groups is 3. The quantitative estimate of drug-likeness (QED) is 0.180. The molecule has 0 aliphatic heterocycles. The van der Waals surface area contributed by atoms with Gasteiger partial charge in [-0.05, 0) is 73.5 Å². The lowest BCUT2D eigenvalue weighted by molar-refractivity contribution is -0.136. The first-order chi connectivity index (χ1) is 16.3. The Labute approximate surface area is 201 Å². The molecule has 8 nitrogen and oxygen atoms in total. The van der Waals surface area contributed by atoms with Crippen LogP contribution >= 0.6 is 11.6 Å². The van der Waals surface area contributed by atoms with Gasteiger partial charge in [0.1, 0.15) is 0 Å². The van der Waals surface area contributed by atoms with Crippen LogP contribution in [-0.4, -0.2) is 31.1 Å². The zero-order valence-electron chi connectivity index (χ0n) is 18.7. The van der Waals surface area contributed by atoms with E-state index in [1.165, 1.54) is 19.4 Å². The number of carbonyl (C=O) groups excluding carboxylic acids is 3. The second-order valence-corrected chi connectivity index (χ2v) is 7.71. The summed E-state index contributed by atoms with van der Waals surface area (Å²) < 4.78 is 10.7. The monoisotopic (exact) mass is 479 g/mol. The van der Waals surface area contributed by atoms with E-state index in [4.69, 9.17) is 21.1 Å². The number of halogens is 1. The molecule has 9 heteroatoms. The molecule has 0 radical (unpaired) electrons. The fourth-order valence-corrected chi connectivity index (χ4v) is 3.07. The molecule has 0 aliphatic carbocycles. The van der Waals surface area contributed by atoms with Gasteiger partial charge in [0.05, 0.1) is 18.9 Å². The van der Waals surface area contributed by atoms with Gasteiger partial charge in [-0.25, -0.2) is 10.2 Å². The van der Waals surface area contributed by atoms with E-state index < -0.39 is 17.8 Å². The van der Waals surface area contributed by atoms with Crippen molar-refractivity contribution in [3.8, 4) is 11.5 Å². The Kier molecular flexibility index (Phi) is 8.00. The molecule has 3 rings (SSSR count). The Morgan fingerprint density at radius 2 is 1.65 bits per heavy atom.